The highest BCUT2D eigenvalue weighted by Crippen LogP contribution is 2.24. The lowest BCUT2D eigenvalue weighted by Gasteiger charge is -2.35. The highest BCUT2D eigenvalue weighted by molar-refractivity contribution is 7.89. The molecule has 1 saturated heterocycles. The Bertz CT molecular complexity index is 1320. The number of benzene rings is 3. The van der Waals surface area contributed by atoms with E-state index in [-0.39, 0.29) is 43.0 Å². The van der Waals surface area contributed by atoms with Gasteiger partial charge in [-0.15, -0.1) is 0 Å². The molecule has 1 amide bonds. The number of fused-ring (bicyclic) bond motifs is 1. The van der Waals surface area contributed by atoms with E-state index in [4.69, 9.17) is 4.74 Å². The van der Waals surface area contributed by atoms with Crippen molar-refractivity contribution in [1.29, 1.82) is 0 Å². The Balaban J connectivity index is 1.56. The second kappa shape index (κ2) is 10.4. The molecule has 1 fully saturated rings. The largest absolute Gasteiger partial charge is 0.374 e. The standard InChI is InChI=1S/C27H31FN2O4S/c1-19(2)16-29(27(31)25-10-6-8-21-7-4-5-9-24(21)25)17-22-18-30(13-14-34-22)35(32,33)23-12-11-20(3)26(28)15-23/h4-12,15,19,22H,13-14,16-18H2,1-3H3. The average Bonchev–Trinajstić information content (AvgIpc) is 2.84. The monoisotopic (exact) mass is 498 g/mol. The van der Waals surface area contributed by atoms with Gasteiger partial charge in [0, 0.05) is 31.7 Å². The molecule has 0 spiro atoms. The summed E-state index contributed by atoms with van der Waals surface area (Å²) < 4.78 is 47.6. The molecule has 1 unspecified atom stereocenters. The van der Waals surface area contributed by atoms with Gasteiger partial charge in [0.25, 0.3) is 5.91 Å². The van der Waals surface area contributed by atoms with Crippen LogP contribution in [0.4, 0.5) is 4.39 Å². The Hall–Kier alpha value is -2.81. The minimum atomic E-state index is -3.88. The van der Waals surface area contributed by atoms with Crippen molar-refractivity contribution >= 4 is 26.7 Å². The second-order valence-electron chi connectivity index (χ2n) is 9.40. The maximum Gasteiger partial charge on any atom is 0.254 e. The highest BCUT2D eigenvalue weighted by Gasteiger charge is 2.33. The molecular formula is C27H31FN2O4S. The lowest BCUT2D eigenvalue weighted by atomic mass is 10.0. The Morgan fingerprint density at radius 2 is 1.89 bits per heavy atom. The maximum atomic E-state index is 14.1. The number of morpholine rings is 1. The summed E-state index contributed by atoms with van der Waals surface area (Å²) >= 11 is 0. The smallest absolute Gasteiger partial charge is 0.254 e. The van der Waals surface area contributed by atoms with Gasteiger partial charge in [-0.2, -0.15) is 4.31 Å². The number of hydrogen-bond acceptors (Lipinski definition) is 4. The summed E-state index contributed by atoms with van der Waals surface area (Å²) in [4.78, 5) is 15.3. The van der Waals surface area contributed by atoms with Gasteiger partial charge in [0.05, 0.1) is 17.6 Å². The van der Waals surface area contributed by atoms with E-state index in [1.165, 1.54) is 16.4 Å². The lowest BCUT2D eigenvalue weighted by Crippen LogP contribution is -2.51. The van der Waals surface area contributed by atoms with Crippen LogP contribution in [0, 0.1) is 18.7 Å². The minimum absolute atomic E-state index is 0.0767. The summed E-state index contributed by atoms with van der Waals surface area (Å²) in [6.45, 7) is 6.90. The van der Waals surface area contributed by atoms with Crippen molar-refractivity contribution in [2.45, 2.75) is 31.8 Å². The van der Waals surface area contributed by atoms with Gasteiger partial charge >= 0.3 is 0 Å². The van der Waals surface area contributed by atoms with Crippen LogP contribution in [0.5, 0.6) is 0 Å². The van der Waals surface area contributed by atoms with Crippen LogP contribution in [-0.2, 0) is 14.8 Å². The third-order valence-corrected chi connectivity index (χ3v) is 8.06. The number of hydrogen-bond donors (Lipinski definition) is 0. The molecule has 8 heteroatoms. The van der Waals surface area contributed by atoms with E-state index in [1.807, 2.05) is 56.3 Å². The minimum Gasteiger partial charge on any atom is -0.374 e. The molecule has 4 rings (SSSR count). The van der Waals surface area contributed by atoms with Crippen molar-refractivity contribution < 1.29 is 22.3 Å². The summed E-state index contributed by atoms with van der Waals surface area (Å²) in [6, 6.07) is 17.4. The molecule has 35 heavy (non-hydrogen) atoms. The van der Waals surface area contributed by atoms with Crippen molar-refractivity contribution in [3.05, 3.63) is 77.6 Å². The fourth-order valence-corrected chi connectivity index (χ4v) is 5.88. The van der Waals surface area contributed by atoms with E-state index < -0.39 is 21.9 Å². The topological polar surface area (TPSA) is 66.9 Å². The summed E-state index contributed by atoms with van der Waals surface area (Å²) in [5.74, 6) is -0.452. The van der Waals surface area contributed by atoms with Crippen LogP contribution >= 0.6 is 0 Å². The molecule has 3 aromatic rings. The number of halogens is 1. The Morgan fingerprint density at radius 1 is 1.14 bits per heavy atom. The number of aryl methyl sites for hydroxylation is 1. The van der Waals surface area contributed by atoms with Crippen molar-refractivity contribution in [3.63, 3.8) is 0 Å². The third-order valence-electron chi connectivity index (χ3n) is 6.20. The van der Waals surface area contributed by atoms with E-state index in [2.05, 4.69) is 0 Å². The van der Waals surface area contributed by atoms with Crippen molar-refractivity contribution in [3.8, 4) is 0 Å². The Labute approximate surface area is 206 Å². The number of amides is 1. The summed E-state index contributed by atoms with van der Waals surface area (Å²) in [5.41, 5.74) is 0.999. The zero-order valence-electron chi connectivity index (χ0n) is 20.3. The predicted octanol–water partition coefficient (Wildman–Crippen LogP) is 4.48. The van der Waals surface area contributed by atoms with E-state index in [0.29, 0.717) is 17.7 Å². The fourth-order valence-electron chi connectivity index (χ4n) is 4.41. The van der Waals surface area contributed by atoms with Gasteiger partial charge in [0.2, 0.25) is 10.0 Å². The Morgan fingerprint density at radius 3 is 2.63 bits per heavy atom. The molecule has 186 valence electrons. The molecule has 0 aromatic heterocycles. The van der Waals surface area contributed by atoms with Gasteiger partial charge in [-0.25, -0.2) is 12.8 Å². The Kier molecular flexibility index (Phi) is 7.54. The van der Waals surface area contributed by atoms with Crippen LogP contribution in [0.1, 0.15) is 29.8 Å². The number of sulfonamides is 1. The van der Waals surface area contributed by atoms with Gasteiger partial charge in [-0.1, -0.05) is 56.3 Å². The molecule has 0 aliphatic carbocycles. The SMILES string of the molecule is Cc1ccc(S(=O)(=O)N2CCOC(CN(CC(C)C)C(=O)c3cccc4ccccc34)C2)cc1F. The first-order valence-corrected chi connectivity index (χ1v) is 13.3. The molecule has 0 bridgehead atoms. The van der Waals surface area contributed by atoms with Gasteiger partial charge < -0.3 is 9.64 Å². The molecule has 0 N–H and O–H groups in total. The predicted molar refractivity (Wildman–Crippen MR) is 134 cm³/mol. The van der Waals surface area contributed by atoms with Gasteiger partial charge in [-0.05, 0) is 47.4 Å². The molecule has 6 nitrogen and oxygen atoms in total. The number of rotatable bonds is 7. The quantitative estimate of drug-likeness (QED) is 0.482. The highest BCUT2D eigenvalue weighted by atomic mass is 32.2. The van der Waals surface area contributed by atoms with Gasteiger partial charge in [0.1, 0.15) is 5.82 Å². The molecule has 1 aliphatic rings. The van der Waals surface area contributed by atoms with E-state index in [9.17, 15) is 17.6 Å². The van der Waals surface area contributed by atoms with Gasteiger partial charge in [0.15, 0.2) is 0 Å². The summed E-state index contributed by atoms with van der Waals surface area (Å²) in [6.07, 6.45) is -0.494. The number of ether oxygens (including phenoxy) is 1. The second-order valence-corrected chi connectivity index (χ2v) is 11.3. The maximum absolute atomic E-state index is 14.1. The van der Waals surface area contributed by atoms with Crippen LogP contribution in [0.3, 0.4) is 0 Å². The molecule has 3 aromatic carbocycles. The summed E-state index contributed by atoms with van der Waals surface area (Å²) in [7, 11) is -3.88. The van der Waals surface area contributed by atoms with E-state index in [1.54, 1.807) is 11.8 Å². The third kappa shape index (κ3) is 5.55. The van der Waals surface area contributed by atoms with E-state index >= 15 is 0 Å². The first-order valence-electron chi connectivity index (χ1n) is 11.8. The lowest BCUT2D eigenvalue weighted by molar-refractivity contribution is -0.0185. The van der Waals surface area contributed by atoms with E-state index in [0.717, 1.165) is 16.8 Å². The molecule has 1 atom stereocenters. The van der Waals surface area contributed by atoms with Gasteiger partial charge in [-0.3, -0.25) is 4.79 Å². The molecule has 1 aliphatic heterocycles. The average molecular weight is 499 g/mol. The van der Waals surface area contributed by atoms with Crippen LogP contribution in [0.15, 0.2) is 65.6 Å². The van der Waals surface area contributed by atoms with Crippen molar-refractivity contribution in [2.24, 2.45) is 5.92 Å². The normalized spacial score (nSPS) is 17.1. The van der Waals surface area contributed by atoms with Crippen molar-refractivity contribution in [2.75, 3.05) is 32.8 Å². The van der Waals surface area contributed by atoms with Crippen LogP contribution in [0.25, 0.3) is 10.8 Å². The fraction of sp³-hybridized carbons (Fsp3) is 0.370. The first kappa shape index (κ1) is 25.3. The van der Waals surface area contributed by atoms with Crippen LogP contribution < -0.4 is 0 Å². The molecule has 1 heterocycles. The molecular weight excluding hydrogens is 467 g/mol. The number of nitrogens with zero attached hydrogens (tertiary/aromatic N) is 2. The zero-order chi connectivity index (χ0) is 25.2. The first-order chi connectivity index (χ1) is 16.7. The van der Waals surface area contributed by atoms with Crippen LogP contribution in [-0.4, -0.2) is 62.4 Å². The molecule has 0 radical (unpaired) electrons. The zero-order valence-corrected chi connectivity index (χ0v) is 21.1. The van der Waals surface area contributed by atoms with Crippen molar-refractivity contribution in [1.82, 2.24) is 9.21 Å². The molecule has 0 saturated carbocycles. The number of carbonyl (C=O) groups is 1. The van der Waals surface area contributed by atoms with Crippen LogP contribution in [0.2, 0.25) is 0 Å². The number of carbonyl (C=O) groups excluding carboxylic acids is 1. The summed E-state index contributed by atoms with van der Waals surface area (Å²) in [5, 5.41) is 1.86.